The molecule has 0 unspecified atom stereocenters. The molecule has 0 radical (unpaired) electrons. The highest BCUT2D eigenvalue weighted by molar-refractivity contribution is 5.99. The minimum absolute atomic E-state index is 0.0914. The number of nitro groups is 3. The molecule has 14 nitrogen and oxygen atoms in total. The molecule has 0 saturated carbocycles. The predicted molar refractivity (Wildman–Crippen MR) is 81.8 cm³/mol. The van der Waals surface area contributed by atoms with Crippen LogP contribution in [0.1, 0.15) is 16.1 Å². The fourth-order valence-electron chi connectivity index (χ4n) is 1.75. The highest BCUT2D eigenvalue weighted by Gasteiger charge is 2.27. The first-order valence-electron chi connectivity index (χ1n) is 6.44. The van der Waals surface area contributed by atoms with Crippen LogP contribution in [0, 0.1) is 30.3 Å². The number of carbonyl (C=O) groups is 1. The number of rotatable bonds is 6. The van der Waals surface area contributed by atoms with Crippen LogP contribution in [0.5, 0.6) is 5.75 Å². The molecule has 2 aromatic rings. The van der Waals surface area contributed by atoms with Crippen molar-refractivity contribution >= 4 is 29.4 Å². The van der Waals surface area contributed by atoms with E-state index in [9.17, 15) is 40.2 Å². The first-order chi connectivity index (χ1) is 12.2. The number of hydrogen-bond acceptors (Lipinski definition) is 10. The molecule has 0 spiro atoms. The highest BCUT2D eigenvalue weighted by Crippen LogP contribution is 2.34. The Morgan fingerprint density at radius 2 is 1.81 bits per heavy atom. The van der Waals surface area contributed by atoms with Gasteiger partial charge in [-0.3, -0.25) is 35.1 Å². The molecule has 0 aliphatic heterocycles. The number of non-ortho nitro benzene ring substituents is 1. The normalized spacial score (nSPS) is 10.6. The Kier molecular flexibility index (Phi) is 4.87. The molecule has 0 bridgehead atoms. The number of aromatic hydroxyl groups is 1. The quantitative estimate of drug-likeness (QED) is 0.427. The van der Waals surface area contributed by atoms with E-state index >= 15 is 0 Å². The molecule has 0 aliphatic carbocycles. The minimum atomic E-state index is -1.19. The minimum Gasteiger partial charge on any atom is -0.502 e. The average Bonchev–Trinajstić information content (AvgIpc) is 3.03. The molecule has 1 aromatic heterocycles. The van der Waals surface area contributed by atoms with Gasteiger partial charge in [-0.2, -0.15) is 5.10 Å². The second kappa shape index (κ2) is 7.04. The summed E-state index contributed by atoms with van der Waals surface area (Å²) in [6, 6.07) is 3.35. The van der Waals surface area contributed by atoms with Crippen molar-refractivity contribution in [3.05, 3.63) is 65.9 Å². The summed E-state index contributed by atoms with van der Waals surface area (Å²) in [6.45, 7) is 0. The van der Waals surface area contributed by atoms with Crippen LogP contribution >= 0.6 is 0 Å². The van der Waals surface area contributed by atoms with Gasteiger partial charge in [-0.05, 0) is 6.07 Å². The van der Waals surface area contributed by atoms with E-state index in [2.05, 4.69) is 5.10 Å². The van der Waals surface area contributed by atoms with Gasteiger partial charge < -0.3 is 9.52 Å². The summed E-state index contributed by atoms with van der Waals surface area (Å²) in [4.78, 5) is 41.1. The van der Waals surface area contributed by atoms with Gasteiger partial charge in [0.15, 0.2) is 5.76 Å². The van der Waals surface area contributed by atoms with E-state index in [1.807, 2.05) is 5.43 Å². The number of benzene rings is 1. The lowest BCUT2D eigenvalue weighted by atomic mass is 10.5. The van der Waals surface area contributed by atoms with Gasteiger partial charge in [0.05, 0.1) is 33.8 Å². The molecule has 2 rings (SSSR count). The van der Waals surface area contributed by atoms with Crippen LogP contribution in [-0.2, 0) is 0 Å². The Morgan fingerprint density at radius 1 is 1.12 bits per heavy atom. The predicted octanol–water partition coefficient (Wildman–Crippen LogP) is 1.47. The zero-order valence-electron chi connectivity index (χ0n) is 12.4. The molecule has 1 heterocycles. The van der Waals surface area contributed by atoms with Crippen molar-refractivity contribution in [1.82, 2.24) is 5.43 Å². The van der Waals surface area contributed by atoms with Crippen LogP contribution in [0.3, 0.4) is 0 Å². The maximum Gasteiger partial charge on any atom is 0.433 e. The van der Waals surface area contributed by atoms with Crippen LogP contribution < -0.4 is 5.43 Å². The molecular formula is C12H7N5O9. The SMILES string of the molecule is O=C(N/N=C/c1ccc([N+](=O)[O-])o1)[13c]1[13cH][13c]([N+](=O)[O-])[13cH][13c]([N+](=O)[O-])[13c]1O. The van der Waals surface area contributed by atoms with E-state index in [1.165, 1.54) is 6.07 Å². The van der Waals surface area contributed by atoms with Gasteiger partial charge in [0.1, 0.15) is 4.92 Å². The Bertz CT molecular complexity index is 949. The van der Waals surface area contributed by atoms with Crippen LogP contribution in [0.2, 0.25) is 0 Å². The van der Waals surface area contributed by atoms with Crippen molar-refractivity contribution in [2.45, 2.75) is 0 Å². The molecule has 14 heteroatoms. The van der Waals surface area contributed by atoms with Gasteiger partial charge in [-0.15, -0.1) is 0 Å². The number of phenols is 1. The number of carbonyl (C=O) groups excluding carboxylic acids is 1. The summed E-state index contributed by atoms with van der Waals surface area (Å²) < 4.78 is 4.73. The highest BCUT2D eigenvalue weighted by atomic mass is 16.7. The van der Waals surface area contributed by atoms with E-state index in [-0.39, 0.29) is 5.76 Å². The van der Waals surface area contributed by atoms with Crippen molar-refractivity contribution in [1.29, 1.82) is 0 Å². The van der Waals surface area contributed by atoms with Gasteiger partial charge in [-0.1, -0.05) is 0 Å². The first-order valence-corrected chi connectivity index (χ1v) is 6.44. The number of furan rings is 1. The van der Waals surface area contributed by atoms with Gasteiger partial charge in [0, 0.05) is 6.07 Å². The smallest absolute Gasteiger partial charge is 0.433 e. The lowest BCUT2D eigenvalue weighted by Crippen LogP contribution is -2.18. The van der Waals surface area contributed by atoms with Crippen molar-refractivity contribution < 1.29 is 29.1 Å². The zero-order chi connectivity index (χ0) is 19.4. The summed E-state index contributed by atoms with van der Waals surface area (Å²) in [5, 5.41) is 45.2. The van der Waals surface area contributed by atoms with Crippen molar-refractivity contribution in [3.63, 3.8) is 0 Å². The number of amides is 1. The number of hydrogen-bond donors (Lipinski definition) is 2. The second-order valence-electron chi connectivity index (χ2n) is 4.51. The monoisotopic (exact) mass is 371 g/mol. The van der Waals surface area contributed by atoms with E-state index in [1.54, 1.807) is 0 Å². The first kappa shape index (κ1) is 18.0. The summed E-state index contributed by atoms with van der Waals surface area (Å²) in [5.74, 6) is -2.93. The van der Waals surface area contributed by atoms with Crippen molar-refractivity contribution in [3.8, 4) is 5.75 Å². The molecule has 0 fully saturated rings. The number of nitrogens with zero attached hydrogens (tertiary/aromatic N) is 4. The Labute approximate surface area is 141 Å². The third-order valence-corrected chi connectivity index (χ3v) is 2.88. The summed E-state index contributed by atoms with van der Waals surface area (Å²) in [5.41, 5.74) is -0.721. The lowest BCUT2D eigenvalue weighted by Gasteiger charge is -2.03. The molecule has 1 aromatic carbocycles. The third-order valence-electron chi connectivity index (χ3n) is 2.88. The van der Waals surface area contributed by atoms with Gasteiger partial charge >= 0.3 is 11.6 Å². The van der Waals surface area contributed by atoms with Gasteiger partial charge in [-0.25, -0.2) is 5.43 Å². The Hall–Kier alpha value is -4.36. The third kappa shape index (κ3) is 3.75. The van der Waals surface area contributed by atoms with Crippen LogP contribution in [0.15, 0.2) is 33.8 Å². The van der Waals surface area contributed by atoms with Crippen LogP contribution in [0.25, 0.3) is 0 Å². The molecule has 0 atom stereocenters. The molecule has 26 heavy (non-hydrogen) atoms. The summed E-state index contributed by atoms with van der Waals surface area (Å²) >= 11 is 0. The summed E-state index contributed by atoms with van der Waals surface area (Å²) in [6.07, 6.45) is 0.883. The zero-order valence-corrected chi connectivity index (χ0v) is 12.4. The van der Waals surface area contributed by atoms with E-state index in [0.717, 1.165) is 12.3 Å². The van der Waals surface area contributed by atoms with Crippen LogP contribution in [0.4, 0.5) is 17.3 Å². The molecule has 0 saturated heterocycles. The Morgan fingerprint density at radius 3 is 2.35 bits per heavy atom. The van der Waals surface area contributed by atoms with Crippen molar-refractivity contribution in [2.75, 3.05) is 0 Å². The molecule has 0 aliphatic rings. The van der Waals surface area contributed by atoms with Crippen LogP contribution in [-0.4, -0.2) is 32.0 Å². The van der Waals surface area contributed by atoms with Gasteiger partial charge in [0.2, 0.25) is 5.75 Å². The largest absolute Gasteiger partial charge is 0.502 e. The number of phenolic OH excluding ortho intramolecular Hbond substituents is 1. The van der Waals surface area contributed by atoms with E-state index in [0.29, 0.717) is 12.1 Å². The maximum absolute atomic E-state index is 11.9. The fourth-order valence-corrected chi connectivity index (χ4v) is 1.75. The molecule has 134 valence electrons. The number of nitrogens with one attached hydrogen (secondary N) is 1. The standard InChI is InChI=1S/C12H7N5O9/c18-11-8(3-6(15(20)21)4-9(11)16(22)23)12(19)14-13-5-7-1-2-10(26-7)17(24)25/h1-5,18H,(H,14,19)/b13-5+/i3+1,4+1,6+1,8+1,9+1,11+1. The lowest BCUT2D eigenvalue weighted by molar-refractivity contribution is -0.402. The summed E-state index contributed by atoms with van der Waals surface area (Å²) in [7, 11) is 0. The number of hydrazone groups is 1. The van der Waals surface area contributed by atoms with E-state index in [4.69, 9.17) is 4.42 Å². The molecule has 1 amide bonds. The average molecular weight is 371 g/mol. The van der Waals surface area contributed by atoms with Gasteiger partial charge in [0.25, 0.3) is 11.6 Å². The number of nitro benzene ring substituents is 2. The van der Waals surface area contributed by atoms with Crippen molar-refractivity contribution in [2.24, 2.45) is 5.10 Å². The topological polar surface area (TPSA) is 204 Å². The fraction of sp³-hybridized carbons (Fsp3) is 0. The Balaban J connectivity index is 2.25. The maximum atomic E-state index is 11.9. The van der Waals surface area contributed by atoms with E-state index < -0.39 is 49.2 Å². The molecule has 2 N–H and O–H groups in total. The molecular weight excluding hydrogens is 364 g/mol. The second-order valence-corrected chi connectivity index (χ2v) is 4.51.